The van der Waals surface area contributed by atoms with E-state index in [2.05, 4.69) is 41.1 Å². The van der Waals surface area contributed by atoms with Gasteiger partial charge in [-0.05, 0) is 0 Å². The van der Waals surface area contributed by atoms with Crippen LogP contribution in [-0.2, 0) is 0 Å². The van der Waals surface area contributed by atoms with E-state index in [0.29, 0.717) is 0 Å². The Morgan fingerprint density at radius 3 is 2.25 bits per heavy atom. The molecule has 0 saturated heterocycles. The Hall–Kier alpha value is -1.14. The minimum Gasteiger partial charge on any atom is -0.244 e. The van der Waals surface area contributed by atoms with Crippen LogP contribution in [-0.4, -0.2) is 18.0 Å². The summed E-state index contributed by atoms with van der Waals surface area (Å²) < 4.78 is 0. The molecular weight excluding hydrogens is 164 g/mol. The molecule has 0 aromatic carbocycles. The highest BCUT2D eigenvalue weighted by Gasteiger charge is 2.07. The van der Waals surface area contributed by atoms with Crippen LogP contribution in [0, 0.1) is 11.5 Å². The van der Waals surface area contributed by atoms with Gasteiger partial charge in [0.25, 0.3) is 0 Å². The van der Waals surface area contributed by atoms with Gasteiger partial charge in [-0.15, -0.1) is 5.54 Å². The average molecular weight is 176 g/mol. The maximum atomic E-state index is 3.89. The molecule has 1 aromatic heterocycles. The molecule has 0 aliphatic carbocycles. The van der Waals surface area contributed by atoms with Gasteiger partial charge in [0.2, 0.25) is 0 Å². The maximum absolute atomic E-state index is 3.89. The van der Waals surface area contributed by atoms with Crippen molar-refractivity contribution in [1.82, 2.24) is 9.97 Å². The van der Waals surface area contributed by atoms with Gasteiger partial charge in [0.15, 0.2) is 0 Å². The summed E-state index contributed by atoms with van der Waals surface area (Å²) in [4.78, 5) is 7.77. The molecule has 0 radical (unpaired) electrons. The zero-order valence-electron chi connectivity index (χ0n) is 7.63. The highest BCUT2D eigenvalue weighted by Crippen LogP contribution is 1.98. The van der Waals surface area contributed by atoms with Crippen molar-refractivity contribution in [2.45, 2.75) is 19.6 Å². The van der Waals surface area contributed by atoms with Crippen molar-refractivity contribution in [2.75, 3.05) is 0 Å². The molecule has 0 atom stereocenters. The van der Waals surface area contributed by atoms with Crippen LogP contribution >= 0.6 is 0 Å². The molecule has 1 rings (SSSR count). The molecule has 0 unspecified atom stereocenters. The number of rotatable bonds is 0. The van der Waals surface area contributed by atoms with Gasteiger partial charge in [0.1, 0.15) is 14.4 Å². The third-order valence-corrected chi connectivity index (χ3v) is 2.02. The monoisotopic (exact) mass is 176 g/mol. The van der Waals surface area contributed by atoms with Gasteiger partial charge in [0, 0.05) is 12.4 Å². The van der Waals surface area contributed by atoms with Crippen LogP contribution in [0.15, 0.2) is 18.7 Å². The molecule has 3 heteroatoms. The SMILES string of the molecule is C[Si](C)(C)C#Cc1cncnc1. The van der Waals surface area contributed by atoms with Gasteiger partial charge in [0.05, 0.1) is 5.56 Å². The van der Waals surface area contributed by atoms with Gasteiger partial charge >= 0.3 is 0 Å². The Kier molecular flexibility index (Phi) is 2.61. The molecule has 0 amide bonds. The third kappa shape index (κ3) is 3.31. The van der Waals surface area contributed by atoms with E-state index < -0.39 is 8.07 Å². The Morgan fingerprint density at radius 2 is 1.75 bits per heavy atom. The quantitative estimate of drug-likeness (QED) is 0.444. The fraction of sp³-hybridized carbons (Fsp3) is 0.333. The number of hydrogen-bond acceptors (Lipinski definition) is 2. The van der Waals surface area contributed by atoms with Crippen molar-refractivity contribution >= 4 is 8.07 Å². The summed E-state index contributed by atoms with van der Waals surface area (Å²) in [6.45, 7) is 6.64. The van der Waals surface area contributed by atoms with E-state index in [4.69, 9.17) is 0 Å². The summed E-state index contributed by atoms with van der Waals surface area (Å²) in [6, 6.07) is 0. The van der Waals surface area contributed by atoms with E-state index >= 15 is 0 Å². The molecule has 0 spiro atoms. The molecular formula is C9H12N2Si. The van der Waals surface area contributed by atoms with E-state index in [9.17, 15) is 0 Å². The zero-order valence-corrected chi connectivity index (χ0v) is 8.63. The second-order valence-corrected chi connectivity index (χ2v) is 8.38. The standard InChI is InChI=1S/C9H12N2Si/c1-12(2,3)5-4-9-6-10-8-11-7-9/h6-8H,1-3H3. The molecule has 1 heterocycles. The number of hydrogen-bond donors (Lipinski definition) is 0. The lowest BCUT2D eigenvalue weighted by atomic mass is 10.4. The first-order valence-corrected chi connectivity index (χ1v) is 7.36. The fourth-order valence-electron chi connectivity index (χ4n) is 0.623. The second-order valence-electron chi connectivity index (χ2n) is 3.63. The topological polar surface area (TPSA) is 25.8 Å². The summed E-state index contributed by atoms with van der Waals surface area (Å²) >= 11 is 0. The summed E-state index contributed by atoms with van der Waals surface area (Å²) in [6.07, 6.45) is 4.99. The van der Waals surface area contributed by atoms with Crippen molar-refractivity contribution in [3.63, 3.8) is 0 Å². The molecule has 2 nitrogen and oxygen atoms in total. The van der Waals surface area contributed by atoms with Crippen molar-refractivity contribution in [3.8, 4) is 11.5 Å². The smallest absolute Gasteiger partial charge is 0.129 e. The van der Waals surface area contributed by atoms with Crippen LogP contribution in [0.3, 0.4) is 0 Å². The van der Waals surface area contributed by atoms with E-state index in [1.165, 1.54) is 6.33 Å². The Labute approximate surface area is 74.1 Å². The largest absolute Gasteiger partial charge is 0.244 e. The summed E-state index contributed by atoms with van der Waals surface area (Å²) in [7, 11) is -1.26. The molecule has 1 aromatic rings. The second kappa shape index (κ2) is 3.50. The van der Waals surface area contributed by atoms with E-state index in [-0.39, 0.29) is 0 Å². The van der Waals surface area contributed by atoms with Gasteiger partial charge in [-0.3, -0.25) is 0 Å². The molecule has 0 bridgehead atoms. The van der Waals surface area contributed by atoms with Crippen LogP contribution in [0.5, 0.6) is 0 Å². The predicted octanol–water partition coefficient (Wildman–Crippen LogP) is 1.71. The van der Waals surface area contributed by atoms with E-state index in [0.717, 1.165) is 5.56 Å². The number of aromatic nitrogens is 2. The third-order valence-electron chi connectivity index (χ3n) is 1.14. The van der Waals surface area contributed by atoms with Crippen LogP contribution < -0.4 is 0 Å². The summed E-state index contributed by atoms with van der Waals surface area (Å²) in [5.41, 5.74) is 4.15. The van der Waals surface area contributed by atoms with Crippen LogP contribution in [0.1, 0.15) is 5.56 Å². The minimum atomic E-state index is -1.26. The lowest BCUT2D eigenvalue weighted by molar-refractivity contribution is 1.16. The Morgan fingerprint density at radius 1 is 1.17 bits per heavy atom. The van der Waals surface area contributed by atoms with E-state index in [1.807, 2.05) is 0 Å². The Balaban J connectivity index is 2.81. The average Bonchev–Trinajstić information content (AvgIpc) is 2.02. The number of nitrogens with zero attached hydrogens (tertiary/aromatic N) is 2. The van der Waals surface area contributed by atoms with Crippen molar-refractivity contribution < 1.29 is 0 Å². The summed E-state index contributed by atoms with van der Waals surface area (Å²) in [5.74, 6) is 3.07. The molecule has 0 saturated carbocycles. The van der Waals surface area contributed by atoms with Crippen LogP contribution in [0.2, 0.25) is 19.6 Å². The van der Waals surface area contributed by atoms with E-state index in [1.54, 1.807) is 12.4 Å². The van der Waals surface area contributed by atoms with Crippen molar-refractivity contribution in [1.29, 1.82) is 0 Å². The summed E-state index contributed by atoms with van der Waals surface area (Å²) in [5, 5.41) is 0. The molecule has 0 aliphatic heterocycles. The van der Waals surface area contributed by atoms with Gasteiger partial charge in [-0.2, -0.15) is 0 Å². The highest BCUT2D eigenvalue weighted by molar-refractivity contribution is 6.83. The van der Waals surface area contributed by atoms with Gasteiger partial charge < -0.3 is 0 Å². The lowest BCUT2D eigenvalue weighted by Gasteiger charge is -2.02. The Bertz CT molecular complexity index is 303. The van der Waals surface area contributed by atoms with Crippen LogP contribution in [0.4, 0.5) is 0 Å². The fourth-order valence-corrected chi connectivity index (χ4v) is 1.14. The minimum absolute atomic E-state index is 0.903. The molecule has 0 aliphatic rings. The maximum Gasteiger partial charge on any atom is 0.129 e. The van der Waals surface area contributed by atoms with Gasteiger partial charge in [-0.1, -0.05) is 25.6 Å². The predicted molar refractivity (Wildman–Crippen MR) is 52.3 cm³/mol. The van der Waals surface area contributed by atoms with Crippen molar-refractivity contribution in [3.05, 3.63) is 24.3 Å². The first-order valence-electron chi connectivity index (χ1n) is 3.86. The van der Waals surface area contributed by atoms with Gasteiger partial charge in [-0.25, -0.2) is 9.97 Å². The lowest BCUT2D eigenvalue weighted by Crippen LogP contribution is -2.16. The highest BCUT2D eigenvalue weighted by atomic mass is 28.3. The first kappa shape index (κ1) is 8.95. The zero-order chi connectivity index (χ0) is 9.03. The normalized spacial score (nSPS) is 10.2. The molecule has 0 N–H and O–H groups in total. The first-order chi connectivity index (χ1) is 5.58. The molecule has 62 valence electrons. The molecule has 0 fully saturated rings. The molecule has 12 heavy (non-hydrogen) atoms. The van der Waals surface area contributed by atoms with Crippen molar-refractivity contribution in [2.24, 2.45) is 0 Å². The van der Waals surface area contributed by atoms with Crippen LogP contribution in [0.25, 0.3) is 0 Å².